The van der Waals surface area contributed by atoms with E-state index in [4.69, 9.17) is 4.74 Å². The van der Waals surface area contributed by atoms with Gasteiger partial charge in [-0.05, 0) is 19.8 Å². The number of H-pyrrole nitrogens is 1. The molecule has 9 heteroatoms. The number of nitrogens with one attached hydrogen (secondary N) is 2. The number of aromatic nitrogens is 3. The van der Waals surface area contributed by atoms with E-state index < -0.39 is 23.2 Å². The first-order valence-corrected chi connectivity index (χ1v) is 7.81. The molecule has 0 saturated carbocycles. The average molecular weight is 331 g/mol. The van der Waals surface area contributed by atoms with E-state index in [-0.39, 0.29) is 12.1 Å². The molecule has 2 amide bonds. The molecule has 126 valence electrons. The summed E-state index contributed by atoms with van der Waals surface area (Å²) in [5.74, 6) is -0.392. The van der Waals surface area contributed by atoms with E-state index in [0.717, 1.165) is 5.69 Å². The van der Waals surface area contributed by atoms with E-state index in [1.54, 1.807) is 11.0 Å². The normalized spacial score (nSPS) is 23.5. The SMILES string of the molecule is Cc1cc2ncc(C(=O)N3CCC[C@]4(CNC(=O)O4)C3)c(=O)n2[nH]1. The minimum absolute atomic E-state index is 0.00341. The van der Waals surface area contributed by atoms with Crippen molar-refractivity contribution in [3.05, 3.63) is 33.9 Å². The zero-order chi connectivity index (χ0) is 16.9. The number of aryl methyl sites for hydroxylation is 1. The molecule has 2 aromatic rings. The van der Waals surface area contributed by atoms with Crippen LogP contribution in [0, 0.1) is 6.92 Å². The number of likely N-dealkylation sites (tertiary alicyclic amines) is 1. The number of hydrogen-bond acceptors (Lipinski definition) is 5. The van der Waals surface area contributed by atoms with Crippen molar-refractivity contribution in [1.29, 1.82) is 0 Å². The Morgan fingerprint density at radius 2 is 2.25 bits per heavy atom. The minimum atomic E-state index is -0.693. The zero-order valence-electron chi connectivity index (χ0n) is 13.2. The molecule has 0 aliphatic carbocycles. The fraction of sp³-hybridized carbons (Fsp3) is 0.467. The molecule has 0 radical (unpaired) electrons. The first-order chi connectivity index (χ1) is 11.5. The lowest BCUT2D eigenvalue weighted by molar-refractivity contribution is -0.00513. The van der Waals surface area contributed by atoms with Gasteiger partial charge in [0.2, 0.25) is 0 Å². The van der Waals surface area contributed by atoms with Gasteiger partial charge in [-0.25, -0.2) is 14.3 Å². The highest BCUT2D eigenvalue weighted by Gasteiger charge is 2.45. The Hall–Kier alpha value is -2.84. The molecular formula is C15H17N5O4. The van der Waals surface area contributed by atoms with E-state index in [0.29, 0.717) is 31.6 Å². The van der Waals surface area contributed by atoms with Crippen LogP contribution in [0.2, 0.25) is 0 Å². The fourth-order valence-corrected chi connectivity index (χ4v) is 3.40. The van der Waals surface area contributed by atoms with Crippen LogP contribution >= 0.6 is 0 Å². The molecule has 2 aliphatic rings. The monoisotopic (exact) mass is 331 g/mol. The lowest BCUT2D eigenvalue weighted by Crippen LogP contribution is -2.53. The van der Waals surface area contributed by atoms with Crippen LogP contribution in [0.1, 0.15) is 28.9 Å². The highest BCUT2D eigenvalue weighted by Crippen LogP contribution is 2.28. The highest BCUT2D eigenvalue weighted by atomic mass is 16.6. The number of amides is 2. The van der Waals surface area contributed by atoms with E-state index in [2.05, 4.69) is 15.4 Å². The van der Waals surface area contributed by atoms with Crippen LogP contribution in [-0.2, 0) is 4.74 Å². The molecular weight excluding hydrogens is 314 g/mol. The van der Waals surface area contributed by atoms with Crippen LogP contribution in [0.5, 0.6) is 0 Å². The number of alkyl carbamates (subject to hydrolysis) is 1. The van der Waals surface area contributed by atoms with Crippen molar-refractivity contribution in [2.75, 3.05) is 19.6 Å². The van der Waals surface area contributed by atoms with Gasteiger partial charge in [0.15, 0.2) is 5.65 Å². The van der Waals surface area contributed by atoms with Gasteiger partial charge in [0.1, 0.15) is 11.2 Å². The van der Waals surface area contributed by atoms with Gasteiger partial charge >= 0.3 is 6.09 Å². The Morgan fingerprint density at radius 3 is 3.00 bits per heavy atom. The summed E-state index contributed by atoms with van der Waals surface area (Å²) < 4.78 is 6.62. The number of piperidine rings is 1. The van der Waals surface area contributed by atoms with Crippen molar-refractivity contribution in [2.24, 2.45) is 0 Å². The molecule has 24 heavy (non-hydrogen) atoms. The van der Waals surface area contributed by atoms with E-state index in [1.807, 2.05) is 6.92 Å². The molecule has 2 N–H and O–H groups in total. The van der Waals surface area contributed by atoms with Crippen LogP contribution in [0.4, 0.5) is 4.79 Å². The van der Waals surface area contributed by atoms with Crippen molar-refractivity contribution >= 4 is 17.6 Å². The predicted octanol–water partition coefficient (Wildman–Crippen LogP) is 0.0456. The summed E-state index contributed by atoms with van der Waals surface area (Å²) in [6.07, 6.45) is 2.25. The van der Waals surface area contributed by atoms with Crippen molar-refractivity contribution in [2.45, 2.75) is 25.4 Å². The van der Waals surface area contributed by atoms with Gasteiger partial charge in [0, 0.05) is 24.5 Å². The molecule has 0 aromatic carbocycles. The van der Waals surface area contributed by atoms with Crippen molar-refractivity contribution in [1.82, 2.24) is 24.8 Å². The second-order valence-electron chi connectivity index (χ2n) is 6.37. The lowest BCUT2D eigenvalue weighted by atomic mass is 9.92. The Labute approximate surface area is 136 Å². The topological polar surface area (TPSA) is 109 Å². The number of hydrogen-bond donors (Lipinski definition) is 2. The first kappa shape index (κ1) is 14.7. The van der Waals surface area contributed by atoms with Gasteiger partial charge in [-0.2, -0.15) is 0 Å². The predicted molar refractivity (Wildman–Crippen MR) is 82.9 cm³/mol. The average Bonchev–Trinajstić information content (AvgIpc) is 3.10. The van der Waals surface area contributed by atoms with Gasteiger partial charge in [0.05, 0.1) is 13.1 Å². The number of carbonyl (C=O) groups is 2. The quantitative estimate of drug-likeness (QED) is 0.767. The maximum Gasteiger partial charge on any atom is 0.407 e. The summed E-state index contributed by atoms with van der Waals surface area (Å²) in [5, 5.41) is 5.51. The second-order valence-corrected chi connectivity index (χ2v) is 6.37. The zero-order valence-corrected chi connectivity index (χ0v) is 13.2. The molecule has 2 fully saturated rings. The Balaban J connectivity index is 1.65. The maximum atomic E-state index is 12.8. The van der Waals surface area contributed by atoms with Crippen LogP contribution in [0.3, 0.4) is 0 Å². The number of carbonyl (C=O) groups excluding carboxylic acids is 2. The van der Waals surface area contributed by atoms with Crippen LogP contribution in [-0.4, -0.2) is 56.7 Å². The largest absolute Gasteiger partial charge is 0.439 e. The summed E-state index contributed by atoms with van der Waals surface area (Å²) >= 11 is 0. The molecule has 4 rings (SSSR count). The molecule has 2 aromatic heterocycles. The highest BCUT2D eigenvalue weighted by molar-refractivity contribution is 5.94. The third kappa shape index (κ3) is 2.24. The molecule has 9 nitrogen and oxygen atoms in total. The van der Waals surface area contributed by atoms with Gasteiger partial charge in [-0.15, -0.1) is 0 Å². The summed E-state index contributed by atoms with van der Waals surface area (Å²) in [6, 6.07) is 1.73. The minimum Gasteiger partial charge on any atom is -0.439 e. The number of aromatic amines is 1. The summed E-state index contributed by atoms with van der Waals surface area (Å²) in [6.45, 7) is 2.98. The standard InChI is InChI=1S/C15H17N5O4/c1-9-5-11-16-6-10(13(22)20(11)18-9)12(21)19-4-2-3-15(8-19)7-17-14(23)24-15/h5-6,18H,2-4,7-8H2,1H3,(H,17,23)/t15-/m0/s1. The van der Waals surface area contributed by atoms with Gasteiger partial charge < -0.3 is 15.0 Å². The Morgan fingerprint density at radius 1 is 1.42 bits per heavy atom. The molecule has 1 spiro atoms. The second kappa shape index (κ2) is 5.08. The van der Waals surface area contributed by atoms with Crippen molar-refractivity contribution in [3.63, 3.8) is 0 Å². The van der Waals surface area contributed by atoms with Crippen LogP contribution in [0.15, 0.2) is 17.1 Å². The number of ether oxygens (including phenoxy) is 1. The van der Waals surface area contributed by atoms with Gasteiger partial charge in [-0.3, -0.25) is 14.7 Å². The molecule has 2 aliphatic heterocycles. The van der Waals surface area contributed by atoms with E-state index >= 15 is 0 Å². The number of nitrogens with zero attached hydrogens (tertiary/aromatic N) is 3. The van der Waals surface area contributed by atoms with Crippen LogP contribution in [0.25, 0.3) is 5.65 Å². The van der Waals surface area contributed by atoms with Gasteiger partial charge in [0.25, 0.3) is 11.5 Å². The molecule has 0 bridgehead atoms. The van der Waals surface area contributed by atoms with Crippen LogP contribution < -0.4 is 10.9 Å². The Kier molecular flexibility index (Phi) is 3.12. The fourth-order valence-electron chi connectivity index (χ4n) is 3.40. The van der Waals surface area contributed by atoms with E-state index in [9.17, 15) is 14.4 Å². The lowest BCUT2D eigenvalue weighted by Gasteiger charge is -2.38. The smallest absolute Gasteiger partial charge is 0.407 e. The number of rotatable bonds is 1. The van der Waals surface area contributed by atoms with E-state index in [1.165, 1.54) is 10.7 Å². The number of fused-ring (bicyclic) bond motifs is 1. The summed E-state index contributed by atoms with van der Waals surface area (Å²) in [4.78, 5) is 42.4. The Bertz CT molecular complexity index is 901. The maximum absolute atomic E-state index is 12.8. The third-order valence-corrected chi connectivity index (χ3v) is 4.54. The van der Waals surface area contributed by atoms with Gasteiger partial charge in [-0.1, -0.05) is 0 Å². The molecule has 4 heterocycles. The van der Waals surface area contributed by atoms with Crippen molar-refractivity contribution < 1.29 is 14.3 Å². The molecule has 0 unspecified atom stereocenters. The molecule has 2 saturated heterocycles. The third-order valence-electron chi connectivity index (χ3n) is 4.54. The molecule has 1 atom stereocenters. The summed E-state index contributed by atoms with van der Waals surface area (Å²) in [5.41, 5.74) is 0.132. The van der Waals surface area contributed by atoms with Crippen molar-refractivity contribution in [3.8, 4) is 0 Å². The first-order valence-electron chi connectivity index (χ1n) is 7.81. The summed E-state index contributed by atoms with van der Waals surface area (Å²) in [7, 11) is 0.